The van der Waals surface area contributed by atoms with Crippen molar-refractivity contribution < 1.29 is 14.0 Å². The Bertz CT molecular complexity index is 1050. The first-order valence-electron chi connectivity index (χ1n) is 10.3. The van der Waals surface area contributed by atoms with Gasteiger partial charge in [0.2, 0.25) is 0 Å². The average molecular weight is 482 g/mol. The van der Waals surface area contributed by atoms with Crippen LogP contribution in [-0.2, 0) is 6.42 Å². The Kier molecular flexibility index (Phi) is 6.42. The minimum absolute atomic E-state index is 0.0879. The Balaban J connectivity index is 1.32. The van der Waals surface area contributed by atoms with E-state index in [-0.39, 0.29) is 17.6 Å². The molecule has 2 heterocycles. The fourth-order valence-corrected chi connectivity index (χ4v) is 3.92. The lowest BCUT2D eigenvalue weighted by atomic mass is 10.1. The van der Waals surface area contributed by atoms with Gasteiger partial charge in [-0.1, -0.05) is 19.1 Å². The average Bonchev–Trinajstić information content (AvgIpc) is 3.26. The minimum atomic E-state index is -0.294. The third kappa shape index (κ3) is 4.99. The second-order valence-corrected chi connectivity index (χ2v) is 8.22. The van der Waals surface area contributed by atoms with Gasteiger partial charge in [-0.2, -0.15) is 0 Å². The molecule has 6 nitrogen and oxygen atoms in total. The maximum Gasteiger partial charge on any atom is 0.291 e. The van der Waals surface area contributed by atoms with Crippen LogP contribution >= 0.6 is 15.9 Å². The molecule has 7 heteroatoms. The van der Waals surface area contributed by atoms with Crippen molar-refractivity contribution in [2.45, 2.75) is 13.3 Å². The van der Waals surface area contributed by atoms with Gasteiger partial charge in [-0.25, -0.2) is 0 Å². The highest BCUT2D eigenvalue weighted by atomic mass is 79.9. The number of halogens is 1. The van der Waals surface area contributed by atoms with E-state index in [1.54, 1.807) is 12.1 Å². The molecule has 4 rings (SSSR count). The second kappa shape index (κ2) is 9.39. The van der Waals surface area contributed by atoms with Crippen LogP contribution in [0.25, 0.3) is 0 Å². The molecule has 1 N–H and O–H groups in total. The van der Waals surface area contributed by atoms with Gasteiger partial charge in [0.05, 0.1) is 0 Å². The molecule has 3 aromatic rings. The summed E-state index contributed by atoms with van der Waals surface area (Å²) in [7, 11) is 0. The fourth-order valence-electron chi connectivity index (χ4n) is 3.62. The number of rotatable bonds is 5. The van der Waals surface area contributed by atoms with Crippen molar-refractivity contribution in [1.29, 1.82) is 0 Å². The molecule has 0 aliphatic carbocycles. The molecule has 1 aliphatic rings. The highest BCUT2D eigenvalue weighted by molar-refractivity contribution is 9.10. The Morgan fingerprint density at radius 1 is 0.935 bits per heavy atom. The van der Waals surface area contributed by atoms with Gasteiger partial charge < -0.3 is 19.5 Å². The van der Waals surface area contributed by atoms with Gasteiger partial charge in [-0.3, -0.25) is 9.59 Å². The van der Waals surface area contributed by atoms with Crippen molar-refractivity contribution in [3.63, 3.8) is 0 Å². The molecule has 160 valence electrons. The Morgan fingerprint density at radius 2 is 1.61 bits per heavy atom. The zero-order valence-corrected chi connectivity index (χ0v) is 18.9. The summed E-state index contributed by atoms with van der Waals surface area (Å²) >= 11 is 3.19. The van der Waals surface area contributed by atoms with E-state index in [0.29, 0.717) is 23.4 Å². The summed E-state index contributed by atoms with van der Waals surface area (Å²) in [5, 5.41) is 2.83. The largest absolute Gasteiger partial charge is 0.444 e. The van der Waals surface area contributed by atoms with Crippen molar-refractivity contribution in [3.8, 4) is 0 Å². The van der Waals surface area contributed by atoms with Crippen LogP contribution in [0.2, 0.25) is 0 Å². The van der Waals surface area contributed by atoms with Crippen LogP contribution in [0.5, 0.6) is 0 Å². The summed E-state index contributed by atoms with van der Waals surface area (Å²) in [5.74, 6) is 0.0450. The van der Waals surface area contributed by atoms with Crippen molar-refractivity contribution in [2.24, 2.45) is 0 Å². The molecule has 0 spiro atoms. The number of nitrogens with zero attached hydrogens (tertiary/aromatic N) is 2. The smallest absolute Gasteiger partial charge is 0.291 e. The molecule has 0 saturated carbocycles. The van der Waals surface area contributed by atoms with Crippen LogP contribution in [0.15, 0.2) is 69.8 Å². The molecule has 0 unspecified atom stereocenters. The number of benzene rings is 2. The molecule has 1 aromatic heterocycles. The van der Waals surface area contributed by atoms with Gasteiger partial charge in [-0.15, -0.1) is 0 Å². The van der Waals surface area contributed by atoms with E-state index >= 15 is 0 Å². The van der Waals surface area contributed by atoms with E-state index in [2.05, 4.69) is 33.1 Å². The van der Waals surface area contributed by atoms with E-state index < -0.39 is 0 Å². The van der Waals surface area contributed by atoms with Gasteiger partial charge >= 0.3 is 0 Å². The number of carbonyl (C=O) groups excluding carboxylic acids is 2. The van der Waals surface area contributed by atoms with E-state index in [1.165, 1.54) is 5.56 Å². The lowest BCUT2D eigenvalue weighted by Gasteiger charge is -2.36. The highest BCUT2D eigenvalue weighted by Crippen LogP contribution is 2.21. The number of piperazine rings is 1. The minimum Gasteiger partial charge on any atom is -0.444 e. The van der Waals surface area contributed by atoms with Gasteiger partial charge in [0.15, 0.2) is 10.4 Å². The third-order valence-electron chi connectivity index (χ3n) is 5.46. The predicted octanol–water partition coefficient (Wildman–Crippen LogP) is 4.82. The predicted molar refractivity (Wildman–Crippen MR) is 125 cm³/mol. The Labute approximate surface area is 190 Å². The molecule has 2 amide bonds. The first kappa shape index (κ1) is 21.2. The van der Waals surface area contributed by atoms with Crippen LogP contribution in [-0.4, -0.2) is 42.9 Å². The number of carbonyl (C=O) groups is 2. The summed E-state index contributed by atoms with van der Waals surface area (Å²) < 4.78 is 5.79. The summed E-state index contributed by atoms with van der Waals surface area (Å²) in [5.41, 5.74) is 3.75. The van der Waals surface area contributed by atoms with E-state index in [9.17, 15) is 9.59 Å². The van der Waals surface area contributed by atoms with Crippen LogP contribution in [0.1, 0.15) is 33.4 Å². The maximum absolute atomic E-state index is 12.8. The van der Waals surface area contributed by atoms with Crippen LogP contribution in [0.3, 0.4) is 0 Å². The quantitative estimate of drug-likeness (QED) is 0.567. The van der Waals surface area contributed by atoms with Gasteiger partial charge in [-0.05, 0) is 76.4 Å². The molecule has 1 aliphatic heterocycles. The number of hydrogen-bond acceptors (Lipinski definition) is 4. The number of nitrogens with one attached hydrogen (secondary N) is 1. The zero-order valence-electron chi connectivity index (χ0n) is 17.3. The standard InChI is InChI=1S/C24H24BrN3O3/c1-2-17-3-5-18(6-4-17)24(30)28-15-13-27(14-16-28)20-9-7-19(8-10-20)26-23(29)21-11-12-22(25)31-21/h3-12H,2,13-16H2,1H3,(H,26,29). The summed E-state index contributed by atoms with van der Waals surface area (Å²) in [6.45, 7) is 5.00. The monoisotopic (exact) mass is 481 g/mol. The molecule has 1 fully saturated rings. The summed E-state index contributed by atoms with van der Waals surface area (Å²) in [6, 6.07) is 18.9. The molecule has 0 bridgehead atoms. The topological polar surface area (TPSA) is 65.8 Å². The molecule has 31 heavy (non-hydrogen) atoms. The Hall–Kier alpha value is -3.06. The molecule has 0 radical (unpaired) electrons. The first-order chi connectivity index (χ1) is 15.0. The van der Waals surface area contributed by atoms with Gasteiger partial charge in [0, 0.05) is 43.1 Å². The van der Waals surface area contributed by atoms with Crippen molar-refractivity contribution in [2.75, 3.05) is 36.4 Å². The number of anilines is 2. The van der Waals surface area contributed by atoms with Gasteiger partial charge in [0.25, 0.3) is 11.8 Å². The second-order valence-electron chi connectivity index (χ2n) is 7.43. The maximum atomic E-state index is 12.8. The fraction of sp³-hybridized carbons (Fsp3) is 0.250. The number of amides is 2. The molecular weight excluding hydrogens is 458 g/mol. The lowest BCUT2D eigenvalue weighted by molar-refractivity contribution is 0.0746. The van der Waals surface area contributed by atoms with Crippen LogP contribution in [0.4, 0.5) is 11.4 Å². The zero-order chi connectivity index (χ0) is 21.8. The van der Waals surface area contributed by atoms with E-state index in [4.69, 9.17) is 4.42 Å². The normalized spacial score (nSPS) is 13.9. The first-order valence-corrected chi connectivity index (χ1v) is 11.1. The van der Waals surface area contributed by atoms with Crippen molar-refractivity contribution in [3.05, 3.63) is 82.2 Å². The van der Waals surface area contributed by atoms with Crippen LogP contribution < -0.4 is 10.2 Å². The summed E-state index contributed by atoms with van der Waals surface area (Å²) in [4.78, 5) is 29.1. The number of aryl methyl sites for hydroxylation is 1. The molecular formula is C24H24BrN3O3. The number of furan rings is 1. The molecule has 1 saturated heterocycles. The van der Waals surface area contributed by atoms with Gasteiger partial charge in [0.1, 0.15) is 0 Å². The highest BCUT2D eigenvalue weighted by Gasteiger charge is 2.22. The summed E-state index contributed by atoms with van der Waals surface area (Å²) in [6.07, 6.45) is 0.968. The SMILES string of the molecule is CCc1ccc(C(=O)N2CCN(c3ccc(NC(=O)c4ccc(Br)o4)cc3)CC2)cc1. The molecule has 0 atom stereocenters. The third-order valence-corrected chi connectivity index (χ3v) is 5.89. The van der Waals surface area contributed by atoms with Crippen molar-refractivity contribution in [1.82, 2.24) is 4.90 Å². The Morgan fingerprint density at radius 3 is 2.19 bits per heavy atom. The lowest BCUT2D eigenvalue weighted by Crippen LogP contribution is -2.48. The molecule has 2 aromatic carbocycles. The van der Waals surface area contributed by atoms with Crippen molar-refractivity contribution >= 4 is 39.1 Å². The van der Waals surface area contributed by atoms with E-state index in [1.807, 2.05) is 53.4 Å². The van der Waals surface area contributed by atoms with E-state index in [0.717, 1.165) is 30.8 Å². The number of hydrogen-bond donors (Lipinski definition) is 1. The van der Waals surface area contributed by atoms with Crippen LogP contribution in [0, 0.1) is 0 Å².